The lowest BCUT2D eigenvalue weighted by Crippen LogP contribution is -2.07. The molecular formula is C21H18F2N2O4S. The maximum absolute atomic E-state index is 12.5. The summed E-state index contributed by atoms with van der Waals surface area (Å²) >= 11 is 1.25. The molecule has 0 spiro atoms. The van der Waals surface area contributed by atoms with Crippen LogP contribution in [0, 0.1) is 0 Å². The Hall–Kier alpha value is -3.46. The number of alkyl halides is 2. The summed E-state index contributed by atoms with van der Waals surface area (Å²) in [6, 6.07) is 11.5. The highest BCUT2D eigenvalue weighted by Gasteiger charge is 2.12. The van der Waals surface area contributed by atoms with Crippen molar-refractivity contribution in [1.29, 1.82) is 0 Å². The molecule has 3 rings (SSSR count). The summed E-state index contributed by atoms with van der Waals surface area (Å²) in [5.74, 6) is 0.776. The quantitative estimate of drug-likeness (QED) is 0.503. The van der Waals surface area contributed by atoms with E-state index in [4.69, 9.17) is 9.47 Å². The molecule has 0 saturated heterocycles. The van der Waals surface area contributed by atoms with E-state index in [1.807, 2.05) is 6.07 Å². The Kier molecular flexibility index (Phi) is 6.97. The zero-order valence-electron chi connectivity index (χ0n) is 16.1. The minimum absolute atomic E-state index is 0.0142. The van der Waals surface area contributed by atoms with Gasteiger partial charge >= 0.3 is 6.61 Å². The molecular weight excluding hydrogens is 414 g/mol. The Morgan fingerprint density at radius 2 is 1.93 bits per heavy atom. The van der Waals surface area contributed by atoms with Crippen molar-refractivity contribution in [3.63, 3.8) is 0 Å². The average molecular weight is 432 g/mol. The minimum Gasteiger partial charge on any atom is -0.497 e. The first-order valence-electron chi connectivity index (χ1n) is 8.71. The van der Waals surface area contributed by atoms with E-state index in [1.54, 1.807) is 49.9 Å². The van der Waals surface area contributed by atoms with Gasteiger partial charge in [-0.05, 0) is 24.3 Å². The molecule has 6 nitrogen and oxygen atoms in total. The summed E-state index contributed by atoms with van der Waals surface area (Å²) < 4.78 is 40.0. The fourth-order valence-corrected chi connectivity index (χ4v) is 3.31. The number of amides is 1. The molecule has 0 fully saturated rings. The van der Waals surface area contributed by atoms with Gasteiger partial charge in [0.1, 0.15) is 17.2 Å². The van der Waals surface area contributed by atoms with Crippen LogP contribution in [0.5, 0.6) is 17.2 Å². The smallest absolute Gasteiger partial charge is 0.387 e. The number of nitrogens with one attached hydrogen (secondary N) is 1. The van der Waals surface area contributed by atoms with E-state index in [0.29, 0.717) is 27.9 Å². The van der Waals surface area contributed by atoms with E-state index < -0.39 is 12.5 Å². The lowest BCUT2D eigenvalue weighted by molar-refractivity contribution is -0.111. The number of methoxy groups -OCH3 is 2. The molecule has 1 amide bonds. The number of nitrogens with zero attached hydrogens (tertiary/aromatic N) is 1. The first-order chi connectivity index (χ1) is 14.5. The van der Waals surface area contributed by atoms with E-state index >= 15 is 0 Å². The van der Waals surface area contributed by atoms with Gasteiger partial charge in [-0.25, -0.2) is 4.98 Å². The second-order valence-electron chi connectivity index (χ2n) is 5.84. The highest BCUT2D eigenvalue weighted by Crippen LogP contribution is 2.34. The third kappa shape index (κ3) is 5.32. The molecule has 0 atom stereocenters. The molecule has 0 bridgehead atoms. The van der Waals surface area contributed by atoms with Crippen LogP contribution in [0.15, 0.2) is 53.9 Å². The van der Waals surface area contributed by atoms with Gasteiger partial charge in [0, 0.05) is 28.6 Å². The van der Waals surface area contributed by atoms with Crippen LogP contribution in [0.3, 0.4) is 0 Å². The summed E-state index contributed by atoms with van der Waals surface area (Å²) in [6.07, 6.45) is 2.62. The number of hydrogen-bond donors (Lipinski definition) is 1. The lowest BCUT2D eigenvalue weighted by atomic mass is 10.1. The molecule has 0 unspecified atom stereocenters. The van der Waals surface area contributed by atoms with Gasteiger partial charge in [0.15, 0.2) is 5.13 Å². The van der Waals surface area contributed by atoms with Crippen LogP contribution in [0.4, 0.5) is 13.9 Å². The second-order valence-corrected chi connectivity index (χ2v) is 6.70. The third-order valence-electron chi connectivity index (χ3n) is 3.97. The molecule has 0 aliphatic rings. The number of hydrogen-bond acceptors (Lipinski definition) is 6. The van der Waals surface area contributed by atoms with Gasteiger partial charge in [-0.15, -0.1) is 11.3 Å². The predicted molar refractivity (Wildman–Crippen MR) is 111 cm³/mol. The second kappa shape index (κ2) is 9.84. The number of para-hydroxylation sites is 1. The van der Waals surface area contributed by atoms with E-state index in [0.717, 1.165) is 5.56 Å². The first kappa shape index (κ1) is 21.3. The van der Waals surface area contributed by atoms with Crippen molar-refractivity contribution in [1.82, 2.24) is 4.98 Å². The lowest BCUT2D eigenvalue weighted by Gasteiger charge is -2.08. The maximum atomic E-state index is 12.5. The average Bonchev–Trinajstić information content (AvgIpc) is 3.20. The molecule has 0 aliphatic heterocycles. The van der Waals surface area contributed by atoms with Crippen molar-refractivity contribution in [2.45, 2.75) is 6.61 Å². The standard InChI is InChI=1S/C21H18F2N2O4S/c1-27-14-8-9-15(18(11-14)28-2)16-12-30-21(24-16)25-19(26)10-7-13-5-3-4-6-17(13)29-20(22)23/h3-12,20H,1-2H3,(H,24,25,26)/b10-7+. The topological polar surface area (TPSA) is 69.7 Å². The van der Waals surface area contributed by atoms with E-state index in [9.17, 15) is 13.6 Å². The van der Waals surface area contributed by atoms with E-state index in [1.165, 1.54) is 29.6 Å². The summed E-state index contributed by atoms with van der Waals surface area (Å²) in [4.78, 5) is 16.6. The number of carbonyl (C=O) groups is 1. The van der Waals surface area contributed by atoms with Gasteiger partial charge < -0.3 is 14.2 Å². The molecule has 0 saturated carbocycles. The van der Waals surface area contributed by atoms with Gasteiger partial charge in [0.25, 0.3) is 0 Å². The predicted octanol–water partition coefficient (Wildman–Crippen LogP) is 5.08. The Bertz CT molecular complexity index is 1050. The Balaban J connectivity index is 1.71. The molecule has 1 N–H and O–H groups in total. The van der Waals surface area contributed by atoms with E-state index in [2.05, 4.69) is 15.0 Å². The fraction of sp³-hybridized carbons (Fsp3) is 0.143. The van der Waals surface area contributed by atoms with Gasteiger partial charge in [-0.2, -0.15) is 8.78 Å². The number of ether oxygens (including phenoxy) is 3. The van der Waals surface area contributed by atoms with Crippen molar-refractivity contribution in [3.8, 4) is 28.5 Å². The zero-order chi connectivity index (χ0) is 21.5. The van der Waals surface area contributed by atoms with Crippen molar-refractivity contribution in [3.05, 3.63) is 59.5 Å². The van der Waals surface area contributed by atoms with Gasteiger partial charge in [-0.3, -0.25) is 10.1 Å². The summed E-state index contributed by atoms with van der Waals surface area (Å²) in [5, 5.41) is 4.82. The van der Waals surface area contributed by atoms with Crippen LogP contribution in [0.2, 0.25) is 0 Å². The number of anilines is 1. The Labute approximate surface area is 175 Å². The van der Waals surface area contributed by atoms with Gasteiger partial charge in [0.2, 0.25) is 5.91 Å². The number of halogens is 2. The van der Waals surface area contributed by atoms with Crippen LogP contribution in [0.25, 0.3) is 17.3 Å². The van der Waals surface area contributed by atoms with Crippen LogP contribution >= 0.6 is 11.3 Å². The first-order valence-corrected chi connectivity index (χ1v) is 9.59. The SMILES string of the molecule is COc1ccc(-c2csc(NC(=O)/C=C/c3ccccc3OC(F)F)n2)c(OC)c1. The summed E-state index contributed by atoms with van der Waals surface area (Å²) in [7, 11) is 3.12. The number of aromatic nitrogens is 1. The molecule has 0 radical (unpaired) electrons. The van der Waals surface area contributed by atoms with Crippen LogP contribution in [-0.4, -0.2) is 31.7 Å². The Morgan fingerprint density at radius 1 is 1.13 bits per heavy atom. The Morgan fingerprint density at radius 3 is 2.67 bits per heavy atom. The number of benzene rings is 2. The van der Waals surface area contributed by atoms with Crippen molar-refractivity contribution in [2.24, 2.45) is 0 Å². The molecule has 156 valence electrons. The van der Waals surface area contributed by atoms with Crippen molar-refractivity contribution in [2.75, 3.05) is 19.5 Å². The summed E-state index contributed by atoms with van der Waals surface area (Å²) in [5.41, 5.74) is 1.74. The number of thiazole rings is 1. The molecule has 3 aromatic rings. The van der Waals surface area contributed by atoms with Crippen LogP contribution < -0.4 is 19.5 Å². The normalized spacial score (nSPS) is 11.0. The van der Waals surface area contributed by atoms with Crippen molar-refractivity contribution >= 4 is 28.5 Å². The van der Waals surface area contributed by atoms with Crippen LogP contribution in [-0.2, 0) is 4.79 Å². The molecule has 30 heavy (non-hydrogen) atoms. The largest absolute Gasteiger partial charge is 0.497 e. The monoisotopic (exact) mass is 432 g/mol. The van der Waals surface area contributed by atoms with Crippen LogP contribution in [0.1, 0.15) is 5.56 Å². The molecule has 1 aromatic heterocycles. The van der Waals surface area contributed by atoms with Gasteiger partial charge in [-0.1, -0.05) is 18.2 Å². The fourth-order valence-electron chi connectivity index (χ4n) is 2.60. The zero-order valence-corrected chi connectivity index (χ0v) is 16.9. The van der Waals surface area contributed by atoms with Crippen molar-refractivity contribution < 1.29 is 27.8 Å². The highest BCUT2D eigenvalue weighted by atomic mass is 32.1. The third-order valence-corrected chi connectivity index (χ3v) is 4.73. The maximum Gasteiger partial charge on any atom is 0.387 e. The molecule has 0 aliphatic carbocycles. The number of rotatable bonds is 8. The summed E-state index contributed by atoms with van der Waals surface area (Å²) in [6.45, 7) is -2.95. The molecule has 9 heteroatoms. The molecule has 2 aromatic carbocycles. The minimum atomic E-state index is -2.95. The highest BCUT2D eigenvalue weighted by molar-refractivity contribution is 7.14. The van der Waals surface area contributed by atoms with Gasteiger partial charge in [0.05, 0.1) is 19.9 Å². The molecule has 1 heterocycles. The number of carbonyl (C=O) groups excluding carboxylic acids is 1. The van der Waals surface area contributed by atoms with E-state index in [-0.39, 0.29) is 5.75 Å².